The summed E-state index contributed by atoms with van der Waals surface area (Å²) in [6.07, 6.45) is 0.646. The van der Waals surface area contributed by atoms with Crippen molar-refractivity contribution in [1.82, 2.24) is 0 Å². The maximum atomic E-state index is 12.4. The Kier molecular flexibility index (Phi) is 8.38. The van der Waals surface area contributed by atoms with Gasteiger partial charge in [0.15, 0.2) is 0 Å². The minimum Gasteiger partial charge on any atom is -0.733 e. The van der Waals surface area contributed by atoms with E-state index in [0.29, 0.717) is 11.8 Å². The maximum Gasteiger partial charge on any atom is 1.00 e. The Balaban J connectivity index is 0.00000363. The topological polar surface area (TPSA) is 194 Å². The number of carbonyl (C=O) groups is 1. The summed E-state index contributed by atoms with van der Waals surface area (Å²) >= 11 is 0. The van der Waals surface area contributed by atoms with Crippen LogP contribution in [0.2, 0.25) is 0 Å². The van der Waals surface area contributed by atoms with Gasteiger partial charge in [0.1, 0.15) is 11.8 Å². The van der Waals surface area contributed by atoms with Crippen LogP contribution in [0.3, 0.4) is 0 Å². The SMILES string of the molecule is N#CC(N=Nc1ccccc1)=NN=C1C(=O)C=C([S+](=O)(O)O)c2cc(N([O-])O)ccc21.[Na+]. The van der Waals surface area contributed by atoms with Crippen molar-refractivity contribution in [2.24, 2.45) is 20.4 Å². The molecule has 3 rings (SSSR count). The molecule has 0 unspecified atom stereocenters. The van der Waals surface area contributed by atoms with E-state index < -0.39 is 32.2 Å². The molecule has 0 amide bonds. The van der Waals surface area contributed by atoms with Crippen LogP contribution in [0.5, 0.6) is 0 Å². The van der Waals surface area contributed by atoms with Gasteiger partial charge in [-0.15, -0.1) is 20.4 Å². The third kappa shape index (κ3) is 5.85. The molecular weight excluding hydrogens is 451 g/mol. The fraction of sp³-hybridized carbons (Fsp3) is 0. The molecule has 0 saturated heterocycles. The Hall–Kier alpha value is -2.93. The van der Waals surface area contributed by atoms with E-state index in [1.54, 1.807) is 36.4 Å². The normalized spacial score (nSPS) is 15.1. The molecule has 0 radical (unpaired) electrons. The Labute approximate surface area is 204 Å². The molecule has 1 aliphatic rings. The molecule has 0 atom stereocenters. The van der Waals surface area contributed by atoms with Crippen LogP contribution in [-0.2, 0) is 19.5 Å². The second-order valence-electron chi connectivity index (χ2n) is 5.89. The average Bonchev–Trinajstić information content (AvgIpc) is 2.74. The number of allylic oxidation sites excluding steroid dienone is 1. The van der Waals surface area contributed by atoms with Crippen LogP contribution in [-0.4, -0.2) is 31.6 Å². The van der Waals surface area contributed by atoms with E-state index in [2.05, 4.69) is 20.4 Å². The van der Waals surface area contributed by atoms with Crippen LogP contribution in [0.1, 0.15) is 11.1 Å². The van der Waals surface area contributed by atoms with Crippen molar-refractivity contribution >= 4 is 44.1 Å². The van der Waals surface area contributed by atoms with Gasteiger partial charge in [0.05, 0.1) is 11.4 Å². The first-order valence-electron chi connectivity index (χ1n) is 8.29. The number of azo groups is 1. The van der Waals surface area contributed by atoms with Crippen molar-refractivity contribution < 1.29 is 52.9 Å². The van der Waals surface area contributed by atoms with Crippen molar-refractivity contribution in [3.8, 4) is 6.07 Å². The Morgan fingerprint density at radius 2 is 1.81 bits per heavy atom. The molecule has 2 aromatic rings. The smallest absolute Gasteiger partial charge is 0.733 e. The second kappa shape index (κ2) is 10.6. The van der Waals surface area contributed by atoms with Gasteiger partial charge in [-0.1, -0.05) is 18.2 Å². The van der Waals surface area contributed by atoms with Crippen LogP contribution in [0.25, 0.3) is 4.91 Å². The standard InChI is InChI=1S/C18H12N6O6S.Na/c19-10-17(21-20-11-4-2-1-3-5-11)22-23-18-13-7-6-12(24(26)27)8-14(13)16(9-15(18)25)31(28,29)30;/h1-9,26H,(H2,28,29,30);/q;+1. The molecular formula is C18H12N6NaO6S+. The monoisotopic (exact) mass is 463 g/mol. The first-order valence-corrected chi connectivity index (χ1v) is 9.76. The molecule has 156 valence electrons. The molecule has 0 spiro atoms. The number of ketones is 1. The first-order chi connectivity index (χ1) is 14.7. The third-order valence-electron chi connectivity index (χ3n) is 3.89. The molecule has 0 aromatic heterocycles. The summed E-state index contributed by atoms with van der Waals surface area (Å²) in [6.45, 7) is 0. The van der Waals surface area contributed by atoms with Gasteiger partial charge >= 0.3 is 40.1 Å². The van der Waals surface area contributed by atoms with E-state index in [9.17, 15) is 23.3 Å². The molecule has 14 heteroatoms. The number of fused-ring (bicyclic) bond motifs is 1. The fourth-order valence-corrected chi connectivity index (χ4v) is 3.26. The number of anilines is 1. The van der Waals surface area contributed by atoms with E-state index in [0.717, 1.165) is 18.2 Å². The summed E-state index contributed by atoms with van der Waals surface area (Å²) in [5, 5.41) is 43.6. The number of rotatable bonds is 4. The molecule has 12 nitrogen and oxygen atoms in total. The summed E-state index contributed by atoms with van der Waals surface area (Å²) < 4.78 is 30.8. The largest absolute Gasteiger partial charge is 1.00 e. The van der Waals surface area contributed by atoms with Crippen LogP contribution in [0.4, 0.5) is 11.4 Å². The van der Waals surface area contributed by atoms with Gasteiger partial charge in [-0.3, -0.25) is 10.0 Å². The van der Waals surface area contributed by atoms with Gasteiger partial charge in [-0.05, 0) is 34.5 Å². The van der Waals surface area contributed by atoms with Gasteiger partial charge in [0.25, 0.3) is 5.84 Å². The number of nitrogens with zero attached hydrogens (tertiary/aromatic N) is 6. The first kappa shape index (κ1) is 25.3. The van der Waals surface area contributed by atoms with E-state index in [1.807, 2.05) is 0 Å². The van der Waals surface area contributed by atoms with Crippen LogP contribution in [0.15, 0.2) is 75.0 Å². The quantitative estimate of drug-likeness (QED) is 0.142. The molecule has 0 bridgehead atoms. The van der Waals surface area contributed by atoms with Crippen molar-refractivity contribution in [1.29, 1.82) is 5.26 Å². The van der Waals surface area contributed by atoms with Gasteiger partial charge in [-0.2, -0.15) is 14.4 Å². The van der Waals surface area contributed by atoms with Crippen molar-refractivity contribution in [3.63, 3.8) is 0 Å². The minimum absolute atomic E-state index is 0. The van der Waals surface area contributed by atoms with Gasteiger partial charge in [0, 0.05) is 17.2 Å². The molecule has 1 aliphatic carbocycles. The Morgan fingerprint density at radius 1 is 1.12 bits per heavy atom. The molecule has 0 heterocycles. The van der Waals surface area contributed by atoms with Crippen molar-refractivity contribution in [2.45, 2.75) is 0 Å². The summed E-state index contributed by atoms with van der Waals surface area (Å²) in [7, 11) is -4.60. The molecule has 2 aromatic carbocycles. The molecule has 0 saturated carbocycles. The van der Waals surface area contributed by atoms with E-state index in [1.165, 1.54) is 0 Å². The molecule has 0 aliphatic heterocycles. The molecule has 3 N–H and O–H groups in total. The number of carbonyl (C=O) groups excluding carboxylic acids is 1. The summed E-state index contributed by atoms with van der Waals surface area (Å²) in [6, 6.07) is 13.4. The molecule has 0 fully saturated rings. The number of benzene rings is 2. The van der Waals surface area contributed by atoms with Gasteiger partial charge in [0.2, 0.25) is 10.7 Å². The predicted molar refractivity (Wildman–Crippen MR) is 111 cm³/mol. The van der Waals surface area contributed by atoms with Crippen LogP contribution < -0.4 is 34.8 Å². The zero-order chi connectivity index (χ0) is 22.6. The Morgan fingerprint density at radius 3 is 2.41 bits per heavy atom. The second-order valence-corrected chi connectivity index (χ2v) is 7.32. The zero-order valence-electron chi connectivity index (χ0n) is 16.4. The summed E-state index contributed by atoms with van der Waals surface area (Å²) in [5.74, 6) is -1.37. The van der Waals surface area contributed by atoms with Gasteiger partial charge < -0.3 is 10.4 Å². The third-order valence-corrected chi connectivity index (χ3v) is 4.80. The van der Waals surface area contributed by atoms with Crippen molar-refractivity contribution in [3.05, 3.63) is 70.9 Å². The maximum absolute atomic E-state index is 12.4. The Bertz CT molecular complexity index is 1250. The number of hydrogen-bond acceptors (Lipinski definition) is 9. The van der Waals surface area contributed by atoms with Crippen LogP contribution in [0, 0.1) is 16.5 Å². The number of amidine groups is 1. The average molecular weight is 463 g/mol. The number of nitriles is 1. The van der Waals surface area contributed by atoms with E-state index in [4.69, 9.17) is 10.5 Å². The molecule has 32 heavy (non-hydrogen) atoms. The minimum atomic E-state index is -4.60. The predicted octanol–water partition coefficient (Wildman–Crippen LogP) is 0.163. The van der Waals surface area contributed by atoms with E-state index >= 15 is 0 Å². The van der Waals surface area contributed by atoms with Crippen molar-refractivity contribution in [2.75, 3.05) is 5.23 Å². The number of hydrogen-bond donors (Lipinski definition) is 3. The fourth-order valence-electron chi connectivity index (χ4n) is 2.54. The van der Waals surface area contributed by atoms with Gasteiger partial charge in [-0.25, -0.2) is 0 Å². The summed E-state index contributed by atoms with van der Waals surface area (Å²) in [4.78, 5) is 11.8. The zero-order valence-corrected chi connectivity index (χ0v) is 19.2. The van der Waals surface area contributed by atoms with E-state index in [-0.39, 0.29) is 52.1 Å². The van der Waals surface area contributed by atoms with Crippen LogP contribution >= 0.6 is 0 Å². The summed E-state index contributed by atoms with van der Waals surface area (Å²) in [5.41, 5.74) is -0.513.